The molecule has 0 atom stereocenters. The number of hydrogen-bond donors (Lipinski definition) is 0. The molecule has 1 aromatic heterocycles. The molecule has 2 rings (SSSR count). The number of hydrogen-bond acceptors (Lipinski definition) is 3. The van der Waals surface area contributed by atoms with Crippen molar-refractivity contribution in [3.63, 3.8) is 0 Å². The van der Waals surface area contributed by atoms with Crippen molar-refractivity contribution in [1.29, 1.82) is 0 Å². The van der Waals surface area contributed by atoms with E-state index in [-0.39, 0.29) is 5.78 Å². The van der Waals surface area contributed by atoms with Gasteiger partial charge in [-0.2, -0.15) is 0 Å². The van der Waals surface area contributed by atoms with Crippen LogP contribution in [0.2, 0.25) is 0 Å². The predicted molar refractivity (Wildman–Crippen MR) is 83.5 cm³/mol. The molecule has 0 radical (unpaired) electrons. The highest BCUT2D eigenvalue weighted by Crippen LogP contribution is 2.33. The number of carbonyl (C=O) groups excluding carboxylic acids is 1. The highest BCUT2D eigenvalue weighted by molar-refractivity contribution is 9.12. The summed E-state index contributed by atoms with van der Waals surface area (Å²) in [4.78, 5) is 14.6. The first-order valence-electron chi connectivity index (χ1n) is 6.30. The first-order chi connectivity index (χ1) is 8.60. The van der Waals surface area contributed by atoms with E-state index >= 15 is 0 Å². The molecule has 100 valence electrons. The molecule has 1 fully saturated rings. The Morgan fingerprint density at radius 2 is 2.22 bits per heavy atom. The molecule has 1 saturated carbocycles. The van der Waals surface area contributed by atoms with Gasteiger partial charge in [-0.1, -0.05) is 6.92 Å². The van der Waals surface area contributed by atoms with E-state index in [1.54, 1.807) is 11.3 Å². The molecular formula is C13H17Br2NOS. The number of ketones is 1. The number of halogens is 2. The number of Topliss-reactive ketones (excluding diaryl/α,β-unsaturated/α-hetero) is 1. The molecule has 0 bridgehead atoms. The summed E-state index contributed by atoms with van der Waals surface area (Å²) < 4.78 is 1.93. The second-order valence-electron chi connectivity index (χ2n) is 4.84. The molecule has 0 N–H and O–H groups in total. The summed E-state index contributed by atoms with van der Waals surface area (Å²) in [5, 5.41) is 0. The van der Waals surface area contributed by atoms with Crippen LogP contribution in [0.15, 0.2) is 13.6 Å². The lowest BCUT2D eigenvalue weighted by atomic mass is 10.2. The van der Waals surface area contributed by atoms with E-state index in [4.69, 9.17) is 0 Å². The second kappa shape index (κ2) is 6.64. The lowest BCUT2D eigenvalue weighted by Gasteiger charge is -2.20. The molecule has 0 aromatic carbocycles. The quantitative estimate of drug-likeness (QED) is 0.631. The van der Waals surface area contributed by atoms with Gasteiger partial charge in [-0.05, 0) is 69.7 Å². The summed E-state index contributed by atoms with van der Waals surface area (Å²) in [6.07, 6.45) is 3.78. The van der Waals surface area contributed by atoms with Crippen molar-refractivity contribution in [2.45, 2.75) is 26.2 Å². The van der Waals surface area contributed by atoms with Gasteiger partial charge < -0.3 is 0 Å². The number of rotatable bonds is 7. The highest BCUT2D eigenvalue weighted by Gasteiger charge is 2.25. The van der Waals surface area contributed by atoms with Crippen molar-refractivity contribution in [1.82, 2.24) is 4.90 Å². The van der Waals surface area contributed by atoms with Gasteiger partial charge in [-0.25, -0.2) is 0 Å². The normalized spacial score (nSPS) is 15.3. The van der Waals surface area contributed by atoms with E-state index in [1.165, 1.54) is 12.8 Å². The maximum Gasteiger partial charge on any atom is 0.178 e. The maximum absolute atomic E-state index is 12.3. The lowest BCUT2D eigenvalue weighted by Crippen LogP contribution is -2.32. The molecule has 0 amide bonds. The molecule has 1 heterocycles. The lowest BCUT2D eigenvalue weighted by molar-refractivity contribution is 0.0927. The van der Waals surface area contributed by atoms with Crippen LogP contribution in [0.25, 0.3) is 0 Å². The van der Waals surface area contributed by atoms with Crippen molar-refractivity contribution < 1.29 is 4.79 Å². The first kappa shape index (κ1) is 14.7. The Morgan fingerprint density at radius 1 is 1.50 bits per heavy atom. The second-order valence-corrected chi connectivity index (χ2v) is 8.59. The van der Waals surface area contributed by atoms with Crippen LogP contribution >= 0.6 is 43.2 Å². The van der Waals surface area contributed by atoms with E-state index < -0.39 is 0 Å². The largest absolute Gasteiger partial charge is 0.296 e. The van der Waals surface area contributed by atoms with Crippen LogP contribution in [-0.2, 0) is 0 Å². The van der Waals surface area contributed by atoms with Gasteiger partial charge in [0.15, 0.2) is 5.78 Å². The van der Waals surface area contributed by atoms with Gasteiger partial charge in [-0.15, -0.1) is 11.3 Å². The zero-order valence-corrected chi connectivity index (χ0v) is 14.4. The van der Waals surface area contributed by atoms with Gasteiger partial charge in [0.25, 0.3) is 0 Å². The van der Waals surface area contributed by atoms with Crippen LogP contribution in [0, 0.1) is 5.92 Å². The third-order valence-electron chi connectivity index (χ3n) is 3.08. The maximum atomic E-state index is 12.3. The van der Waals surface area contributed by atoms with Crippen LogP contribution in [0.4, 0.5) is 0 Å². The Labute approximate surface area is 129 Å². The van der Waals surface area contributed by atoms with Crippen LogP contribution in [-0.4, -0.2) is 30.3 Å². The molecule has 0 spiro atoms. The zero-order valence-electron chi connectivity index (χ0n) is 10.4. The smallest absolute Gasteiger partial charge is 0.178 e. The van der Waals surface area contributed by atoms with E-state index in [0.717, 1.165) is 38.6 Å². The Balaban J connectivity index is 1.96. The molecule has 1 aliphatic rings. The van der Waals surface area contributed by atoms with Gasteiger partial charge in [-0.3, -0.25) is 9.69 Å². The minimum atomic E-state index is 0.220. The SMILES string of the molecule is CCCN(CC(=O)c1cc(Br)sc1Br)CC1CC1. The number of thiophene rings is 1. The molecule has 18 heavy (non-hydrogen) atoms. The van der Waals surface area contributed by atoms with Crippen LogP contribution in [0.5, 0.6) is 0 Å². The third-order valence-corrected chi connectivity index (χ3v) is 5.42. The minimum Gasteiger partial charge on any atom is -0.296 e. The van der Waals surface area contributed by atoms with Crippen molar-refractivity contribution >= 4 is 49.0 Å². The fraction of sp³-hybridized carbons (Fsp3) is 0.615. The summed E-state index contributed by atoms with van der Waals surface area (Å²) in [6, 6.07) is 1.92. The average Bonchev–Trinajstić information content (AvgIpc) is 3.03. The fourth-order valence-electron chi connectivity index (χ4n) is 2.04. The molecule has 1 aliphatic carbocycles. The molecule has 0 unspecified atom stereocenters. The van der Waals surface area contributed by atoms with Gasteiger partial charge >= 0.3 is 0 Å². The van der Waals surface area contributed by atoms with E-state index in [1.807, 2.05) is 6.07 Å². The topological polar surface area (TPSA) is 20.3 Å². The van der Waals surface area contributed by atoms with E-state index in [0.29, 0.717) is 6.54 Å². The number of carbonyl (C=O) groups is 1. The summed E-state index contributed by atoms with van der Waals surface area (Å²) in [6.45, 7) is 4.82. The Kier molecular flexibility index (Phi) is 5.42. The van der Waals surface area contributed by atoms with Crippen LogP contribution < -0.4 is 0 Å². The monoisotopic (exact) mass is 393 g/mol. The van der Waals surface area contributed by atoms with Gasteiger partial charge in [0.05, 0.1) is 14.1 Å². The Hall–Kier alpha value is 0.290. The number of nitrogens with zero attached hydrogens (tertiary/aromatic N) is 1. The van der Waals surface area contributed by atoms with Gasteiger partial charge in [0.1, 0.15) is 0 Å². The molecule has 0 saturated heterocycles. The zero-order chi connectivity index (χ0) is 13.1. The predicted octanol–water partition coefficient (Wildman–Crippen LogP) is 4.58. The van der Waals surface area contributed by atoms with Crippen LogP contribution in [0.1, 0.15) is 36.5 Å². The molecule has 1 aromatic rings. The van der Waals surface area contributed by atoms with Crippen LogP contribution in [0.3, 0.4) is 0 Å². The van der Waals surface area contributed by atoms with E-state index in [2.05, 4.69) is 43.7 Å². The Bertz CT molecular complexity index is 429. The standard InChI is InChI=1S/C13H17Br2NOS/c1-2-5-16(7-9-3-4-9)8-11(17)10-6-12(14)18-13(10)15/h6,9H,2-5,7-8H2,1H3. The summed E-state index contributed by atoms with van der Waals surface area (Å²) in [7, 11) is 0. The van der Waals surface area contributed by atoms with Crippen molar-refractivity contribution in [3.8, 4) is 0 Å². The van der Waals surface area contributed by atoms with Gasteiger partial charge in [0, 0.05) is 12.1 Å². The van der Waals surface area contributed by atoms with Crippen molar-refractivity contribution in [2.24, 2.45) is 5.92 Å². The molecule has 2 nitrogen and oxygen atoms in total. The highest BCUT2D eigenvalue weighted by atomic mass is 79.9. The minimum absolute atomic E-state index is 0.220. The molecule has 0 aliphatic heterocycles. The third kappa shape index (κ3) is 4.15. The summed E-state index contributed by atoms with van der Waals surface area (Å²) >= 11 is 8.44. The fourth-order valence-corrected chi connectivity index (χ4v) is 4.89. The van der Waals surface area contributed by atoms with Crippen molar-refractivity contribution in [3.05, 3.63) is 19.2 Å². The first-order valence-corrected chi connectivity index (χ1v) is 8.70. The van der Waals surface area contributed by atoms with Gasteiger partial charge in [0.2, 0.25) is 0 Å². The summed E-state index contributed by atoms with van der Waals surface area (Å²) in [5.41, 5.74) is 0.809. The Morgan fingerprint density at radius 3 is 2.72 bits per heavy atom. The van der Waals surface area contributed by atoms with Crippen molar-refractivity contribution in [2.75, 3.05) is 19.6 Å². The van der Waals surface area contributed by atoms with E-state index in [9.17, 15) is 4.79 Å². The molecule has 5 heteroatoms. The summed E-state index contributed by atoms with van der Waals surface area (Å²) in [5.74, 6) is 1.06. The molecular weight excluding hydrogens is 378 g/mol. The average molecular weight is 395 g/mol.